The van der Waals surface area contributed by atoms with Crippen molar-refractivity contribution in [1.29, 1.82) is 0 Å². The smallest absolute Gasteiger partial charge is 0.348 e. The first-order valence-electron chi connectivity index (χ1n) is 8.46. The van der Waals surface area contributed by atoms with Crippen LogP contribution < -0.4 is 11.0 Å². The number of carbonyl (C=O) groups is 1. The maximum Gasteiger partial charge on any atom is 0.348 e. The average Bonchev–Trinajstić information content (AvgIpc) is 3.12. The Morgan fingerprint density at radius 2 is 2.15 bits per heavy atom. The fourth-order valence-corrected chi connectivity index (χ4v) is 4.17. The number of halogens is 1. The Hall–Kier alpha value is -1.83. The minimum Gasteiger partial charge on any atom is -0.395 e. The van der Waals surface area contributed by atoms with Gasteiger partial charge in [0.05, 0.1) is 18.9 Å². The van der Waals surface area contributed by atoms with Gasteiger partial charge >= 0.3 is 5.69 Å². The largest absolute Gasteiger partial charge is 0.395 e. The normalized spacial score (nSPS) is 12.8. The highest BCUT2D eigenvalue weighted by molar-refractivity contribution is 7.99. The quantitative estimate of drug-likeness (QED) is 0.553. The molecule has 0 fully saturated rings. The summed E-state index contributed by atoms with van der Waals surface area (Å²) in [5.74, 6) is 0.0517. The van der Waals surface area contributed by atoms with Crippen molar-refractivity contribution in [1.82, 2.24) is 14.9 Å². The third-order valence-electron chi connectivity index (χ3n) is 4.30. The van der Waals surface area contributed by atoms with Crippen LogP contribution in [0.1, 0.15) is 23.2 Å². The van der Waals surface area contributed by atoms with E-state index in [0.717, 1.165) is 36.1 Å². The number of hydrogen-bond acceptors (Lipinski definition) is 5. The predicted octanol–water partition coefficient (Wildman–Crippen LogP) is 1.79. The lowest BCUT2D eigenvalue weighted by molar-refractivity contribution is -0.118. The second kappa shape index (κ2) is 8.70. The highest BCUT2D eigenvalue weighted by Gasteiger charge is 2.22. The number of nitrogens with one attached hydrogen (secondary N) is 1. The lowest BCUT2D eigenvalue weighted by Crippen LogP contribution is -2.29. The summed E-state index contributed by atoms with van der Waals surface area (Å²) in [7, 11) is 0. The number of carbonyl (C=O) groups excluding carboxylic acids is 1. The molecule has 2 N–H and O–H groups in total. The van der Waals surface area contributed by atoms with E-state index in [1.165, 1.54) is 11.8 Å². The number of aliphatic hydroxyl groups is 1. The van der Waals surface area contributed by atoms with Gasteiger partial charge in [-0.2, -0.15) is 4.98 Å². The van der Waals surface area contributed by atoms with Crippen LogP contribution in [-0.2, 0) is 30.7 Å². The molecule has 0 saturated carbocycles. The van der Waals surface area contributed by atoms with Gasteiger partial charge in [0, 0.05) is 22.8 Å². The third-order valence-corrected chi connectivity index (χ3v) is 5.68. The van der Waals surface area contributed by atoms with E-state index in [4.69, 9.17) is 16.7 Å². The average molecular weight is 394 g/mol. The van der Waals surface area contributed by atoms with Gasteiger partial charge in [0.1, 0.15) is 5.03 Å². The maximum atomic E-state index is 12.2. The number of rotatable bonds is 7. The number of nitrogens with zero attached hydrogens (tertiary/aromatic N) is 2. The highest BCUT2D eigenvalue weighted by Crippen LogP contribution is 2.29. The number of fused-ring (bicyclic) bond motifs is 1. The zero-order chi connectivity index (χ0) is 18.5. The molecular formula is C18H20ClN3O3S. The van der Waals surface area contributed by atoms with E-state index in [9.17, 15) is 9.59 Å². The molecule has 0 atom stereocenters. The van der Waals surface area contributed by atoms with Crippen LogP contribution >= 0.6 is 23.4 Å². The van der Waals surface area contributed by atoms with E-state index in [2.05, 4.69) is 10.3 Å². The number of aromatic nitrogens is 2. The second-order valence-electron chi connectivity index (χ2n) is 6.01. The van der Waals surface area contributed by atoms with Gasteiger partial charge < -0.3 is 10.4 Å². The molecule has 0 unspecified atom stereocenters. The Bertz CT molecular complexity index is 869. The van der Waals surface area contributed by atoms with Crippen molar-refractivity contribution in [3.05, 3.63) is 56.6 Å². The van der Waals surface area contributed by atoms with E-state index in [-0.39, 0.29) is 30.5 Å². The van der Waals surface area contributed by atoms with Gasteiger partial charge in [-0.25, -0.2) is 4.79 Å². The number of thioether (sulfide) groups is 1. The summed E-state index contributed by atoms with van der Waals surface area (Å²) in [4.78, 5) is 28.5. The van der Waals surface area contributed by atoms with Gasteiger partial charge in [0.2, 0.25) is 5.91 Å². The highest BCUT2D eigenvalue weighted by atomic mass is 35.5. The zero-order valence-electron chi connectivity index (χ0n) is 14.2. The molecule has 0 aliphatic heterocycles. The first-order chi connectivity index (χ1) is 12.6. The number of hydrogen-bond donors (Lipinski definition) is 2. The minimum atomic E-state index is -0.362. The van der Waals surface area contributed by atoms with Gasteiger partial charge in [0.25, 0.3) is 0 Å². The van der Waals surface area contributed by atoms with Crippen molar-refractivity contribution in [3.8, 4) is 0 Å². The predicted molar refractivity (Wildman–Crippen MR) is 102 cm³/mol. The SMILES string of the molecule is O=C(CSc1nc(=O)n(CCO)c2c1CCC2)NCc1ccccc1Cl. The second-order valence-corrected chi connectivity index (χ2v) is 7.38. The minimum absolute atomic E-state index is 0.0923. The van der Waals surface area contributed by atoms with Crippen LogP contribution in [0.5, 0.6) is 0 Å². The van der Waals surface area contributed by atoms with Crippen LogP contribution in [0.2, 0.25) is 5.02 Å². The Labute approximate surface area is 160 Å². The van der Waals surface area contributed by atoms with Crippen molar-refractivity contribution in [2.24, 2.45) is 0 Å². The Morgan fingerprint density at radius 1 is 1.35 bits per heavy atom. The summed E-state index contributed by atoms with van der Waals surface area (Å²) in [5, 5.41) is 13.2. The van der Waals surface area contributed by atoms with Crippen LogP contribution in [0.25, 0.3) is 0 Å². The maximum absolute atomic E-state index is 12.2. The molecule has 1 aromatic carbocycles. The molecule has 0 bridgehead atoms. The number of benzene rings is 1. The molecule has 26 heavy (non-hydrogen) atoms. The Kier molecular flexibility index (Phi) is 6.34. The molecule has 1 aromatic heterocycles. The van der Waals surface area contributed by atoms with Crippen LogP contribution in [0.15, 0.2) is 34.1 Å². The van der Waals surface area contributed by atoms with Crippen LogP contribution in [-0.4, -0.2) is 32.9 Å². The van der Waals surface area contributed by atoms with Crippen LogP contribution in [0.3, 0.4) is 0 Å². The van der Waals surface area contributed by atoms with E-state index in [1.54, 1.807) is 10.6 Å². The summed E-state index contributed by atoms with van der Waals surface area (Å²) in [5.41, 5.74) is 2.47. The standard InChI is InChI=1S/C18H20ClN3O3S/c19-14-6-2-1-4-12(14)10-20-16(24)11-26-17-13-5-3-7-15(13)22(8-9-23)18(25)21-17/h1-2,4,6,23H,3,5,7-11H2,(H,20,24). The fourth-order valence-electron chi connectivity index (χ4n) is 3.06. The molecule has 3 rings (SSSR count). The van der Waals surface area contributed by atoms with E-state index in [1.807, 2.05) is 18.2 Å². The number of aliphatic hydroxyl groups excluding tert-OH is 1. The molecule has 1 heterocycles. The van der Waals surface area contributed by atoms with Crippen molar-refractivity contribution >= 4 is 29.3 Å². The summed E-state index contributed by atoms with van der Waals surface area (Å²) in [6.45, 7) is 0.533. The van der Waals surface area contributed by atoms with Crippen molar-refractivity contribution < 1.29 is 9.90 Å². The lowest BCUT2D eigenvalue weighted by atomic mass is 10.2. The van der Waals surface area contributed by atoms with E-state index < -0.39 is 0 Å². The first-order valence-corrected chi connectivity index (χ1v) is 9.83. The lowest BCUT2D eigenvalue weighted by Gasteiger charge is -2.13. The monoisotopic (exact) mass is 393 g/mol. The van der Waals surface area contributed by atoms with Gasteiger partial charge in [-0.15, -0.1) is 0 Å². The van der Waals surface area contributed by atoms with Crippen LogP contribution in [0, 0.1) is 0 Å². The van der Waals surface area contributed by atoms with E-state index >= 15 is 0 Å². The first kappa shape index (κ1) is 18.9. The van der Waals surface area contributed by atoms with Gasteiger partial charge in [-0.1, -0.05) is 41.6 Å². The van der Waals surface area contributed by atoms with Gasteiger partial charge in [-0.3, -0.25) is 9.36 Å². The molecule has 8 heteroatoms. The topological polar surface area (TPSA) is 84.2 Å². The molecular weight excluding hydrogens is 374 g/mol. The summed E-state index contributed by atoms with van der Waals surface area (Å²) < 4.78 is 1.55. The molecule has 0 radical (unpaired) electrons. The molecule has 0 saturated heterocycles. The fraction of sp³-hybridized carbons (Fsp3) is 0.389. The summed E-state index contributed by atoms with van der Waals surface area (Å²) in [6.07, 6.45) is 2.61. The van der Waals surface area contributed by atoms with Crippen molar-refractivity contribution in [2.75, 3.05) is 12.4 Å². The molecule has 2 aromatic rings. The van der Waals surface area contributed by atoms with Gasteiger partial charge in [0.15, 0.2) is 0 Å². The molecule has 1 amide bonds. The Morgan fingerprint density at radius 3 is 2.92 bits per heavy atom. The van der Waals surface area contributed by atoms with Crippen molar-refractivity contribution in [3.63, 3.8) is 0 Å². The molecule has 1 aliphatic rings. The molecule has 1 aliphatic carbocycles. The zero-order valence-corrected chi connectivity index (χ0v) is 15.8. The number of amides is 1. The molecule has 0 spiro atoms. The van der Waals surface area contributed by atoms with Crippen molar-refractivity contribution in [2.45, 2.75) is 37.4 Å². The molecule has 138 valence electrons. The summed E-state index contributed by atoms with van der Waals surface area (Å²) >= 11 is 7.36. The van der Waals surface area contributed by atoms with Crippen LogP contribution in [0.4, 0.5) is 0 Å². The molecule has 6 nitrogen and oxygen atoms in total. The summed E-state index contributed by atoms with van der Waals surface area (Å²) in [6, 6.07) is 7.36. The third kappa shape index (κ3) is 4.28. The van der Waals surface area contributed by atoms with Gasteiger partial charge in [-0.05, 0) is 30.9 Å². The van der Waals surface area contributed by atoms with E-state index in [0.29, 0.717) is 16.6 Å². The Balaban J connectivity index is 1.64.